The fourth-order valence-electron chi connectivity index (χ4n) is 2.53. The highest BCUT2D eigenvalue weighted by molar-refractivity contribution is 6.34. The number of hydrogen-bond donors (Lipinski definition) is 2. The Morgan fingerprint density at radius 1 is 1.14 bits per heavy atom. The number of rotatable bonds is 6. The van der Waals surface area contributed by atoms with Crippen molar-refractivity contribution in [2.45, 2.75) is 27.2 Å². The van der Waals surface area contributed by atoms with Crippen LogP contribution in [0, 0.1) is 24.0 Å². The lowest BCUT2D eigenvalue weighted by Gasteiger charge is -2.08. The second-order valence-electron chi connectivity index (χ2n) is 6.31. The Morgan fingerprint density at radius 2 is 1.79 bits per heavy atom. The Labute approximate surface area is 166 Å². The minimum atomic E-state index is -0.631. The summed E-state index contributed by atoms with van der Waals surface area (Å²) in [6.45, 7) is 5.47. The third-order valence-electron chi connectivity index (χ3n) is 3.68. The molecule has 0 atom stereocenters. The van der Waals surface area contributed by atoms with E-state index >= 15 is 0 Å². The van der Waals surface area contributed by atoms with Crippen molar-refractivity contribution < 1.29 is 14.5 Å². The van der Waals surface area contributed by atoms with Crippen molar-refractivity contribution in [2.75, 3.05) is 5.32 Å². The van der Waals surface area contributed by atoms with Gasteiger partial charge in [0.1, 0.15) is 0 Å². The van der Waals surface area contributed by atoms with Gasteiger partial charge in [0, 0.05) is 23.5 Å². The summed E-state index contributed by atoms with van der Waals surface area (Å²) in [7, 11) is 0. The van der Waals surface area contributed by atoms with Gasteiger partial charge >= 0.3 is 0 Å². The normalized spacial score (nSPS) is 11.1. The number of anilines is 1. The first-order chi connectivity index (χ1) is 13.2. The Balaban J connectivity index is 1.97. The number of hydrogen-bond acceptors (Lipinski definition) is 5. The van der Waals surface area contributed by atoms with Crippen LogP contribution in [0.25, 0.3) is 0 Å². The maximum atomic E-state index is 12.1. The molecule has 0 bridgehead atoms. The Morgan fingerprint density at radius 3 is 2.36 bits per heavy atom. The van der Waals surface area contributed by atoms with Gasteiger partial charge in [-0.25, -0.2) is 5.43 Å². The molecule has 2 rings (SSSR count). The molecule has 28 heavy (non-hydrogen) atoms. The summed E-state index contributed by atoms with van der Waals surface area (Å²) >= 11 is 5.91. The number of non-ortho nitro benzene ring substituents is 1. The van der Waals surface area contributed by atoms with Crippen LogP contribution in [0.2, 0.25) is 5.02 Å². The molecule has 0 aromatic heterocycles. The molecule has 146 valence electrons. The molecule has 0 fully saturated rings. The standard InChI is InChI=1S/C19H19ClN4O4/c1-11-6-12(2)8-14(7-11)21-18(25)9-13(3)22-23-19(26)16-5-4-15(24(27)28)10-17(16)20/h4-8,10H,9H2,1-3H3,(H,21,25)(H,23,26)/b22-13+. The molecule has 0 spiro atoms. The van der Waals surface area contributed by atoms with Crippen molar-refractivity contribution >= 4 is 40.5 Å². The first kappa shape index (κ1) is 21.0. The van der Waals surface area contributed by atoms with E-state index in [9.17, 15) is 19.7 Å². The van der Waals surface area contributed by atoms with Crippen LogP contribution < -0.4 is 10.7 Å². The third kappa shape index (κ3) is 5.88. The second-order valence-corrected chi connectivity index (χ2v) is 6.72. The molecule has 0 unspecified atom stereocenters. The molecule has 0 heterocycles. The van der Waals surface area contributed by atoms with Crippen LogP contribution in [0.1, 0.15) is 34.8 Å². The van der Waals surface area contributed by atoms with Crippen molar-refractivity contribution in [3.05, 3.63) is 68.2 Å². The zero-order chi connectivity index (χ0) is 20.8. The average Bonchev–Trinajstić information content (AvgIpc) is 2.58. The number of aryl methyl sites for hydroxylation is 2. The third-order valence-corrected chi connectivity index (χ3v) is 3.99. The van der Waals surface area contributed by atoms with E-state index < -0.39 is 10.8 Å². The number of nitro benzene ring substituents is 1. The van der Waals surface area contributed by atoms with Crippen LogP contribution in [-0.2, 0) is 4.79 Å². The van der Waals surface area contributed by atoms with E-state index in [0.29, 0.717) is 11.4 Å². The summed E-state index contributed by atoms with van der Waals surface area (Å²) in [5.74, 6) is -0.900. The molecular formula is C19H19ClN4O4. The van der Waals surface area contributed by atoms with E-state index in [1.165, 1.54) is 12.1 Å². The summed E-state index contributed by atoms with van der Waals surface area (Å²) in [5, 5.41) is 17.3. The molecule has 2 amide bonds. The molecule has 2 aromatic rings. The monoisotopic (exact) mass is 402 g/mol. The number of halogens is 1. The predicted octanol–water partition coefficient (Wildman–Crippen LogP) is 4.00. The smallest absolute Gasteiger partial charge is 0.272 e. The van der Waals surface area contributed by atoms with E-state index in [-0.39, 0.29) is 28.6 Å². The first-order valence-electron chi connectivity index (χ1n) is 8.31. The van der Waals surface area contributed by atoms with Gasteiger partial charge in [-0.05, 0) is 50.1 Å². The molecular weight excluding hydrogens is 384 g/mol. The number of nitrogens with one attached hydrogen (secondary N) is 2. The molecule has 0 radical (unpaired) electrons. The SMILES string of the molecule is C/C(CC(=O)Nc1cc(C)cc(C)c1)=N\NC(=O)c1ccc([N+](=O)[O-])cc1Cl. The number of hydrazone groups is 1. The van der Waals surface area contributed by atoms with Gasteiger partial charge in [0.15, 0.2) is 0 Å². The van der Waals surface area contributed by atoms with Gasteiger partial charge in [-0.2, -0.15) is 5.10 Å². The summed E-state index contributed by atoms with van der Waals surface area (Å²) in [6, 6.07) is 9.22. The van der Waals surface area contributed by atoms with E-state index in [0.717, 1.165) is 17.2 Å². The van der Waals surface area contributed by atoms with E-state index in [4.69, 9.17) is 11.6 Å². The quantitative estimate of drug-likeness (QED) is 0.431. The van der Waals surface area contributed by atoms with Gasteiger partial charge in [0.05, 0.1) is 21.9 Å². The topological polar surface area (TPSA) is 114 Å². The molecule has 9 heteroatoms. The summed E-state index contributed by atoms with van der Waals surface area (Å²) in [6.07, 6.45) is -0.0126. The maximum absolute atomic E-state index is 12.1. The molecule has 0 saturated heterocycles. The maximum Gasteiger partial charge on any atom is 0.272 e. The van der Waals surface area contributed by atoms with Crippen LogP contribution >= 0.6 is 11.6 Å². The van der Waals surface area contributed by atoms with Crippen molar-refractivity contribution in [1.82, 2.24) is 5.43 Å². The van der Waals surface area contributed by atoms with Crippen LogP contribution in [0.3, 0.4) is 0 Å². The Bertz CT molecular complexity index is 952. The molecule has 0 aliphatic heterocycles. The predicted molar refractivity (Wildman–Crippen MR) is 108 cm³/mol. The number of amides is 2. The highest BCUT2D eigenvalue weighted by Crippen LogP contribution is 2.22. The van der Waals surface area contributed by atoms with Gasteiger partial charge in [-0.1, -0.05) is 17.7 Å². The largest absolute Gasteiger partial charge is 0.326 e. The zero-order valence-electron chi connectivity index (χ0n) is 15.6. The summed E-state index contributed by atoms with van der Waals surface area (Å²) in [4.78, 5) is 34.4. The highest BCUT2D eigenvalue weighted by Gasteiger charge is 2.15. The number of carbonyl (C=O) groups excluding carboxylic acids is 2. The van der Waals surface area contributed by atoms with Gasteiger partial charge in [-0.3, -0.25) is 19.7 Å². The van der Waals surface area contributed by atoms with E-state index in [1.807, 2.05) is 32.0 Å². The van der Waals surface area contributed by atoms with Crippen molar-refractivity contribution in [2.24, 2.45) is 5.10 Å². The highest BCUT2D eigenvalue weighted by atomic mass is 35.5. The van der Waals surface area contributed by atoms with Crippen LogP contribution in [-0.4, -0.2) is 22.4 Å². The van der Waals surface area contributed by atoms with Gasteiger partial charge in [-0.15, -0.1) is 0 Å². The van der Waals surface area contributed by atoms with Gasteiger partial charge in [0.2, 0.25) is 5.91 Å². The first-order valence-corrected chi connectivity index (χ1v) is 8.69. The van der Waals surface area contributed by atoms with Crippen LogP contribution in [0.4, 0.5) is 11.4 Å². The van der Waals surface area contributed by atoms with E-state index in [1.54, 1.807) is 6.92 Å². The summed E-state index contributed by atoms with van der Waals surface area (Å²) in [5.41, 5.74) is 5.26. The van der Waals surface area contributed by atoms with E-state index in [2.05, 4.69) is 15.8 Å². The Kier molecular flexibility index (Phi) is 6.84. The molecule has 0 aliphatic carbocycles. The minimum absolute atomic E-state index is 0.0126. The average molecular weight is 403 g/mol. The number of carbonyl (C=O) groups is 2. The lowest BCUT2D eigenvalue weighted by molar-refractivity contribution is -0.384. The molecule has 0 aliphatic rings. The van der Waals surface area contributed by atoms with Crippen molar-refractivity contribution in [1.29, 1.82) is 0 Å². The zero-order valence-corrected chi connectivity index (χ0v) is 16.3. The second kappa shape index (κ2) is 9.09. The summed E-state index contributed by atoms with van der Waals surface area (Å²) < 4.78 is 0. The van der Waals surface area contributed by atoms with Crippen molar-refractivity contribution in [3.8, 4) is 0 Å². The molecule has 8 nitrogen and oxygen atoms in total. The fraction of sp³-hybridized carbons (Fsp3) is 0.211. The fourth-order valence-corrected chi connectivity index (χ4v) is 2.79. The van der Waals surface area contributed by atoms with Crippen molar-refractivity contribution in [3.63, 3.8) is 0 Å². The lowest BCUT2D eigenvalue weighted by Crippen LogP contribution is -2.21. The lowest BCUT2D eigenvalue weighted by atomic mass is 10.1. The molecule has 2 aromatic carbocycles. The van der Waals surface area contributed by atoms with Gasteiger partial charge in [0.25, 0.3) is 11.6 Å². The number of benzene rings is 2. The molecule has 2 N–H and O–H groups in total. The minimum Gasteiger partial charge on any atom is -0.326 e. The van der Waals surface area contributed by atoms with Crippen LogP contribution in [0.15, 0.2) is 41.5 Å². The number of nitrogens with zero attached hydrogens (tertiary/aromatic N) is 2. The van der Waals surface area contributed by atoms with Gasteiger partial charge < -0.3 is 5.32 Å². The van der Waals surface area contributed by atoms with Crippen LogP contribution in [0.5, 0.6) is 0 Å². The Hall–Kier alpha value is -3.26. The number of nitro groups is 1. The molecule has 0 saturated carbocycles.